The Labute approximate surface area is 111 Å². The summed E-state index contributed by atoms with van der Waals surface area (Å²) >= 11 is 5.89. The van der Waals surface area contributed by atoms with Crippen molar-refractivity contribution in [2.75, 3.05) is 11.1 Å². The Kier molecular flexibility index (Phi) is 3.53. The Bertz CT molecular complexity index is 579. The van der Waals surface area contributed by atoms with Crippen LogP contribution in [-0.4, -0.2) is 5.91 Å². The number of carbonyl (C=O) groups excluding carboxylic acids is 1. The first-order chi connectivity index (χ1) is 8.56. The summed E-state index contributed by atoms with van der Waals surface area (Å²) in [6.45, 7) is 1.87. The van der Waals surface area contributed by atoms with Crippen molar-refractivity contribution in [1.29, 1.82) is 0 Å². The summed E-state index contributed by atoms with van der Waals surface area (Å²) in [7, 11) is 0. The maximum atomic E-state index is 12.1. The first kappa shape index (κ1) is 12.5. The third-order valence-electron chi connectivity index (χ3n) is 2.61. The number of nitrogens with one attached hydrogen (secondary N) is 1. The zero-order valence-electron chi connectivity index (χ0n) is 9.91. The van der Waals surface area contributed by atoms with Crippen molar-refractivity contribution in [3.8, 4) is 0 Å². The molecule has 92 valence electrons. The molecule has 0 atom stereocenters. The summed E-state index contributed by atoms with van der Waals surface area (Å²) in [5.74, 6) is -0.181. The van der Waals surface area contributed by atoms with Gasteiger partial charge in [-0.25, -0.2) is 0 Å². The average molecular weight is 261 g/mol. The Morgan fingerprint density at radius 3 is 2.50 bits per heavy atom. The minimum absolute atomic E-state index is 0.181. The summed E-state index contributed by atoms with van der Waals surface area (Å²) in [6, 6.07) is 12.2. The van der Waals surface area contributed by atoms with E-state index in [-0.39, 0.29) is 5.91 Å². The van der Waals surface area contributed by atoms with E-state index in [2.05, 4.69) is 5.32 Å². The Morgan fingerprint density at radius 2 is 1.83 bits per heavy atom. The number of rotatable bonds is 2. The van der Waals surface area contributed by atoms with Gasteiger partial charge in [-0.3, -0.25) is 4.79 Å². The number of hydrogen-bond donors (Lipinski definition) is 2. The maximum Gasteiger partial charge on any atom is 0.255 e. The third-order valence-corrected chi connectivity index (χ3v) is 2.85. The number of hydrogen-bond acceptors (Lipinski definition) is 2. The molecule has 2 aromatic rings. The molecular weight excluding hydrogens is 248 g/mol. The molecule has 0 bridgehead atoms. The van der Waals surface area contributed by atoms with Gasteiger partial charge in [0, 0.05) is 22.0 Å². The number of nitrogens with two attached hydrogens (primary N) is 1. The van der Waals surface area contributed by atoms with Crippen molar-refractivity contribution in [3.05, 3.63) is 58.6 Å². The van der Waals surface area contributed by atoms with E-state index >= 15 is 0 Å². The van der Waals surface area contributed by atoms with Crippen molar-refractivity contribution < 1.29 is 4.79 Å². The van der Waals surface area contributed by atoms with Gasteiger partial charge in [0.1, 0.15) is 0 Å². The van der Waals surface area contributed by atoms with E-state index in [0.717, 1.165) is 5.56 Å². The Morgan fingerprint density at radius 1 is 1.17 bits per heavy atom. The minimum Gasteiger partial charge on any atom is -0.399 e. The van der Waals surface area contributed by atoms with Gasteiger partial charge >= 0.3 is 0 Å². The van der Waals surface area contributed by atoms with Gasteiger partial charge in [-0.1, -0.05) is 17.7 Å². The zero-order chi connectivity index (χ0) is 13.1. The molecule has 2 rings (SSSR count). The first-order valence-corrected chi connectivity index (χ1v) is 5.87. The van der Waals surface area contributed by atoms with Crippen molar-refractivity contribution in [3.63, 3.8) is 0 Å². The van der Waals surface area contributed by atoms with Crippen LogP contribution >= 0.6 is 11.6 Å². The monoisotopic (exact) mass is 260 g/mol. The van der Waals surface area contributed by atoms with Crippen LogP contribution in [0.15, 0.2) is 42.5 Å². The lowest BCUT2D eigenvalue weighted by molar-refractivity contribution is 0.102. The van der Waals surface area contributed by atoms with Crippen LogP contribution < -0.4 is 11.1 Å². The highest BCUT2D eigenvalue weighted by Crippen LogP contribution is 2.18. The quantitative estimate of drug-likeness (QED) is 0.812. The molecule has 0 fully saturated rings. The molecule has 1 amide bonds. The molecule has 0 saturated carbocycles. The van der Waals surface area contributed by atoms with Crippen molar-refractivity contribution in [2.45, 2.75) is 6.92 Å². The highest BCUT2D eigenvalue weighted by molar-refractivity contribution is 6.31. The highest BCUT2D eigenvalue weighted by atomic mass is 35.5. The molecule has 0 aliphatic rings. The van der Waals surface area contributed by atoms with Crippen LogP contribution in [0.1, 0.15) is 15.9 Å². The summed E-state index contributed by atoms with van der Waals surface area (Å²) in [5.41, 5.74) is 8.39. The molecule has 3 nitrogen and oxygen atoms in total. The van der Waals surface area contributed by atoms with Crippen molar-refractivity contribution >= 4 is 28.9 Å². The number of aryl methyl sites for hydroxylation is 1. The minimum atomic E-state index is -0.181. The number of amides is 1. The van der Waals surface area contributed by atoms with Crippen LogP contribution in [0.5, 0.6) is 0 Å². The fourth-order valence-electron chi connectivity index (χ4n) is 1.60. The van der Waals surface area contributed by atoms with E-state index in [1.807, 2.05) is 13.0 Å². The van der Waals surface area contributed by atoms with Gasteiger partial charge in [0.15, 0.2) is 0 Å². The molecule has 0 aliphatic heterocycles. The second-order valence-corrected chi connectivity index (χ2v) is 4.47. The average Bonchev–Trinajstić information content (AvgIpc) is 2.35. The number of halogens is 1. The lowest BCUT2D eigenvalue weighted by atomic mass is 10.1. The van der Waals surface area contributed by atoms with E-state index in [4.69, 9.17) is 17.3 Å². The lowest BCUT2D eigenvalue weighted by Crippen LogP contribution is -2.13. The second-order valence-electron chi connectivity index (χ2n) is 4.04. The smallest absolute Gasteiger partial charge is 0.255 e. The first-order valence-electron chi connectivity index (χ1n) is 5.49. The summed E-state index contributed by atoms with van der Waals surface area (Å²) in [4.78, 5) is 12.1. The van der Waals surface area contributed by atoms with Crippen LogP contribution in [0.3, 0.4) is 0 Å². The van der Waals surface area contributed by atoms with E-state index in [9.17, 15) is 4.79 Å². The fraction of sp³-hybridized carbons (Fsp3) is 0.0714. The summed E-state index contributed by atoms with van der Waals surface area (Å²) < 4.78 is 0. The molecule has 0 aromatic heterocycles. The number of anilines is 2. The van der Waals surface area contributed by atoms with Gasteiger partial charge in [-0.15, -0.1) is 0 Å². The van der Waals surface area contributed by atoms with Gasteiger partial charge in [0.25, 0.3) is 5.91 Å². The van der Waals surface area contributed by atoms with E-state index < -0.39 is 0 Å². The van der Waals surface area contributed by atoms with Crippen LogP contribution in [-0.2, 0) is 0 Å². The largest absolute Gasteiger partial charge is 0.399 e. The molecule has 2 aromatic carbocycles. The summed E-state index contributed by atoms with van der Waals surface area (Å²) in [6.07, 6.45) is 0. The zero-order valence-corrected chi connectivity index (χ0v) is 10.7. The van der Waals surface area contributed by atoms with Gasteiger partial charge in [-0.2, -0.15) is 0 Å². The Balaban J connectivity index is 2.21. The van der Waals surface area contributed by atoms with Gasteiger partial charge in [0.05, 0.1) is 0 Å². The molecule has 3 N–H and O–H groups in total. The predicted octanol–water partition coefficient (Wildman–Crippen LogP) is 3.48. The molecular formula is C14H13ClN2O. The molecule has 0 spiro atoms. The fourth-order valence-corrected chi connectivity index (χ4v) is 1.78. The third kappa shape index (κ3) is 2.81. The van der Waals surface area contributed by atoms with E-state index in [1.165, 1.54) is 0 Å². The highest BCUT2D eigenvalue weighted by Gasteiger charge is 2.09. The molecule has 0 aliphatic carbocycles. The number of nitrogen functional groups attached to an aromatic ring is 1. The molecule has 18 heavy (non-hydrogen) atoms. The second kappa shape index (κ2) is 5.10. The molecule has 0 radical (unpaired) electrons. The number of benzene rings is 2. The van der Waals surface area contributed by atoms with Crippen molar-refractivity contribution in [1.82, 2.24) is 0 Å². The topological polar surface area (TPSA) is 55.1 Å². The number of carbonyl (C=O) groups is 1. The van der Waals surface area contributed by atoms with E-state index in [0.29, 0.717) is 22.0 Å². The van der Waals surface area contributed by atoms with Gasteiger partial charge in [-0.05, 0) is 48.9 Å². The normalized spacial score (nSPS) is 10.1. The van der Waals surface area contributed by atoms with Crippen LogP contribution in [0, 0.1) is 6.92 Å². The lowest BCUT2D eigenvalue weighted by Gasteiger charge is -2.08. The molecule has 0 saturated heterocycles. The van der Waals surface area contributed by atoms with Crippen LogP contribution in [0.4, 0.5) is 11.4 Å². The van der Waals surface area contributed by atoms with Crippen molar-refractivity contribution in [2.24, 2.45) is 0 Å². The van der Waals surface area contributed by atoms with Gasteiger partial charge < -0.3 is 11.1 Å². The van der Waals surface area contributed by atoms with Crippen LogP contribution in [0.25, 0.3) is 0 Å². The Hall–Kier alpha value is -2.00. The molecule has 4 heteroatoms. The standard InChI is InChI=1S/C14H13ClN2O/c1-9-2-3-10(15)8-13(9)14(18)17-12-6-4-11(16)5-7-12/h2-8H,16H2,1H3,(H,17,18). The van der Waals surface area contributed by atoms with Gasteiger partial charge in [0.2, 0.25) is 0 Å². The van der Waals surface area contributed by atoms with E-state index in [1.54, 1.807) is 36.4 Å². The predicted molar refractivity (Wildman–Crippen MR) is 75.0 cm³/mol. The molecule has 0 heterocycles. The SMILES string of the molecule is Cc1ccc(Cl)cc1C(=O)Nc1ccc(N)cc1. The summed E-state index contributed by atoms with van der Waals surface area (Å²) in [5, 5.41) is 3.34. The molecule has 0 unspecified atom stereocenters. The maximum absolute atomic E-state index is 12.1. The van der Waals surface area contributed by atoms with Crippen LogP contribution in [0.2, 0.25) is 5.02 Å².